The summed E-state index contributed by atoms with van der Waals surface area (Å²) in [5.41, 5.74) is 13.1. The maximum Gasteiger partial charge on any atom is 0.335 e. The topological polar surface area (TPSA) is 134 Å². The lowest BCUT2D eigenvalue weighted by Gasteiger charge is -2.20. The second-order valence-electron chi connectivity index (χ2n) is 15.9. The lowest BCUT2D eigenvalue weighted by Crippen LogP contribution is -2.41. The van der Waals surface area contributed by atoms with E-state index in [9.17, 15) is 23.2 Å². The SMILES string of the molecule is N[C@@H](Cc1ccccc1)C(=O)Nc1ccc(SCc2ccccc2)cc1.O=C(N[C@H](CNc1ccc(SCc2ccccc2)cc1)Cc1ccccc1)c1ccc(F)cc1.O=C(O)c1ccc(F)cc1. The number of nitrogens with one attached hydrogen (secondary N) is 3. The van der Waals surface area contributed by atoms with Gasteiger partial charge in [0.15, 0.2) is 0 Å². The van der Waals surface area contributed by atoms with Crippen LogP contribution < -0.4 is 21.7 Å². The number of hydrogen-bond donors (Lipinski definition) is 5. The largest absolute Gasteiger partial charge is 0.478 e. The number of amides is 2. The Balaban J connectivity index is 0.000000196. The molecule has 6 N–H and O–H groups in total. The summed E-state index contributed by atoms with van der Waals surface area (Å²) in [5, 5.41) is 17.8. The van der Waals surface area contributed by atoms with Gasteiger partial charge in [-0.15, -0.1) is 23.5 Å². The van der Waals surface area contributed by atoms with Crippen molar-refractivity contribution >= 4 is 52.7 Å². The van der Waals surface area contributed by atoms with Crippen molar-refractivity contribution in [2.45, 2.75) is 46.2 Å². The van der Waals surface area contributed by atoms with Crippen LogP contribution in [0.25, 0.3) is 0 Å². The molecule has 8 aromatic rings. The molecule has 2 amide bonds. The third kappa shape index (κ3) is 18.5. The maximum atomic E-state index is 13.2. The summed E-state index contributed by atoms with van der Waals surface area (Å²) in [5.74, 6) is -0.347. The van der Waals surface area contributed by atoms with E-state index in [1.54, 1.807) is 23.5 Å². The van der Waals surface area contributed by atoms with Crippen LogP contribution in [0.5, 0.6) is 0 Å². The molecular weight excluding hydrogens is 919 g/mol. The van der Waals surface area contributed by atoms with E-state index in [2.05, 4.69) is 88.7 Å². The molecule has 0 aromatic heterocycles. The lowest BCUT2D eigenvalue weighted by molar-refractivity contribution is -0.117. The zero-order valence-electron chi connectivity index (χ0n) is 38.3. The number of carboxylic acids is 1. The van der Waals surface area contributed by atoms with Crippen LogP contribution in [-0.2, 0) is 29.1 Å². The molecule has 0 aliphatic heterocycles. The van der Waals surface area contributed by atoms with E-state index in [1.165, 1.54) is 57.3 Å². The van der Waals surface area contributed by atoms with Gasteiger partial charge in [0.2, 0.25) is 5.91 Å². The van der Waals surface area contributed by atoms with Gasteiger partial charge in [-0.1, -0.05) is 121 Å². The summed E-state index contributed by atoms with van der Waals surface area (Å²) in [6, 6.07) is 66.5. The molecule has 12 heteroatoms. The summed E-state index contributed by atoms with van der Waals surface area (Å²) in [6.07, 6.45) is 1.21. The maximum absolute atomic E-state index is 13.2. The molecule has 8 aromatic carbocycles. The minimum atomic E-state index is -1.04. The summed E-state index contributed by atoms with van der Waals surface area (Å²) >= 11 is 3.58. The molecule has 0 bridgehead atoms. The minimum absolute atomic E-state index is 0.0985. The molecule has 356 valence electrons. The van der Waals surface area contributed by atoms with E-state index >= 15 is 0 Å². The molecular formula is C58H54F2N4O4S2. The van der Waals surface area contributed by atoms with Crippen molar-refractivity contribution in [2.75, 3.05) is 17.2 Å². The average Bonchev–Trinajstić information content (AvgIpc) is 3.39. The van der Waals surface area contributed by atoms with Gasteiger partial charge < -0.3 is 26.8 Å². The van der Waals surface area contributed by atoms with E-state index in [4.69, 9.17) is 10.8 Å². The Kier molecular flexibility index (Phi) is 20.8. The number of thioether (sulfide) groups is 2. The Labute approximate surface area is 416 Å². The highest BCUT2D eigenvalue weighted by atomic mass is 32.2. The zero-order valence-corrected chi connectivity index (χ0v) is 39.9. The summed E-state index contributed by atoms with van der Waals surface area (Å²) < 4.78 is 25.4. The van der Waals surface area contributed by atoms with Gasteiger partial charge in [0.05, 0.1) is 17.6 Å². The van der Waals surface area contributed by atoms with Gasteiger partial charge in [0, 0.05) is 44.8 Å². The highest BCUT2D eigenvalue weighted by Gasteiger charge is 2.16. The number of rotatable bonds is 18. The first-order valence-corrected chi connectivity index (χ1v) is 24.5. The van der Waals surface area contributed by atoms with Gasteiger partial charge in [-0.3, -0.25) is 9.59 Å². The van der Waals surface area contributed by atoms with Crippen LogP contribution in [0.15, 0.2) is 228 Å². The van der Waals surface area contributed by atoms with Crippen LogP contribution in [0.3, 0.4) is 0 Å². The molecule has 0 radical (unpaired) electrons. The molecule has 0 fully saturated rings. The van der Waals surface area contributed by atoms with Crippen molar-refractivity contribution in [3.8, 4) is 0 Å². The smallest absolute Gasteiger partial charge is 0.335 e. The van der Waals surface area contributed by atoms with Crippen LogP contribution >= 0.6 is 23.5 Å². The summed E-state index contributed by atoms with van der Waals surface area (Å²) in [6.45, 7) is 0.568. The summed E-state index contributed by atoms with van der Waals surface area (Å²) in [4.78, 5) is 37.6. The molecule has 0 heterocycles. The first kappa shape index (κ1) is 51.9. The van der Waals surface area contributed by atoms with Crippen LogP contribution in [0, 0.1) is 11.6 Å². The molecule has 0 saturated heterocycles. The number of carbonyl (C=O) groups excluding carboxylic acids is 2. The Bertz CT molecular complexity index is 2790. The van der Waals surface area contributed by atoms with Crippen molar-refractivity contribution in [1.82, 2.24) is 5.32 Å². The number of nitrogens with two attached hydrogens (primary N) is 1. The third-order valence-corrected chi connectivity index (χ3v) is 12.7. The first-order chi connectivity index (χ1) is 34.1. The van der Waals surface area contributed by atoms with E-state index < -0.39 is 17.8 Å². The average molecular weight is 973 g/mol. The van der Waals surface area contributed by atoms with Crippen LogP contribution in [0.2, 0.25) is 0 Å². The van der Waals surface area contributed by atoms with Gasteiger partial charge in [0.25, 0.3) is 5.91 Å². The number of carbonyl (C=O) groups is 3. The van der Waals surface area contributed by atoms with E-state index in [0.29, 0.717) is 24.9 Å². The Morgan fingerprint density at radius 2 is 0.886 bits per heavy atom. The summed E-state index contributed by atoms with van der Waals surface area (Å²) in [7, 11) is 0. The Morgan fingerprint density at radius 1 is 0.486 bits per heavy atom. The molecule has 0 saturated carbocycles. The Morgan fingerprint density at radius 3 is 1.33 bits per heavy atom. The Hall–Kier alpha value is -7.51. The monoisotopic (exact) mass is 972 g/mol. The number of aromatic carboxylic acids is 1. The predicted molar refractivity (Wildman–Crippen MR) is 281 cm³/mol. The molecule has 2 atom stereocenters. The van der Waals surface area contributed by atoms with Crippen LogP contribution in [0.4, 0.5) is 20.2 Å². The molecule has 8 rings (SSSR count). The van der Waals surface area contributed by atoms with Gasteiger partial charge in [-0.05, 0) is 132 Å². The fourth-order valence-electron chi connectivity index (χ4n) is 6.76. The fourth-order valence-corrected chi connectivity index (χ4v) is 8.47. The zero-order chi connectivity index (χ0) is 49.3. The van der Waals surface area contributed by atoms with E-state index in [-0.39, 0.29) is 29.2 Å². The van der Waals surface area contributed by atoms with E-state index in [1.807, 2.05) is 97.1 Å². The number of benzene rings is 8. The second-order valence-corrected chi connectivity index (χ2v) is 18.0. The van der Waals surface area contributed by atoms with Crippen molar-refractivity contribution in [1.29, 1.82) is 0 Å². The van der Waals surface area contributed by atoms with Crippen molar-refractivity contribution in [3.05, 3.63) is 263 Å². The quantitative estimate of drug-likeness (QED) is 0.0537. The van der Waals surface area contributed by atoms with Crippen molar-refractivity contribution in [3.63, 3.8) is 0 Å². The van der Waals surface area contributed by atoms with Crippen LogP contribution in [0.1, 0.15) is 43.0 Å². The standard InChI is InChI=1S/C29H27FN2OS.C22H22N2OS.C7H5FO2/c30-25-13-11-24(12-14-25)29(33)32-27(19-22-7-3-1-4-8-22)20-31-26-15-17-28(18-16-26)34-21-23-9-5-2-6-10-23;23-21(15-17-7-3-1-4-8-17)22(25)24-19-11-13-20(14-12-19)26-16-18-9-5-2-6-10-18;8-6-3-1-5(2-4-6)7(9)10/h1-18,27,31H,19-21H2,(H,32,33);1-14,21H,15-16,23H2,(H,24,25);1-4H,(H,9,10)/t27-;21-;/m00./s1. The molecule has 0 aliphatic carbocycles. The van der Waals surface area contributed by atoms with Crippen molar-refractivity contribution < 1.29 is 28.3 Å². The highest BCUT2D eigenvalue weighted by molar-refractivity contribution is 7.98. The molecule has 8 nitrogen and oxygen atoms in total. The third-order valence-electron chi connectivity index (χ3n) is 10.5. The highest BCUT2D eigenvalue weighted by Crippen LogP contribution is 2.26. The van der Waals surface area contributed by atoms with Gasteiger partial charge in [-0.2, -0.15) is 0 Å². The molecule has 0 unspecified atom stereocenters. The lowest BCUT2D eigenvalue weighted by atomic mass is 10.0. The second kappa shape index (κ2) is 28.1. The number of halogens is 2. The minimum Gasteiger partial charge on any atom is -0.478 e. The fraction of sp³-hybridized carbons (Fsp3) is 0.121. The molecule has 0 aliphatic rings. The first-order valence-electron chi connectivity index (χ1n) is 22.5. The molecule has 70 heavy (non-hydrogen) atoms. The number of hydrogen-bond acceptors (Lipinski definition) is 7. The van der Waals surface area contributed by atoms with Crippen molar-refractivity contribution in [2.24, 2.45) is 5.73 Å². The number of carboxylic acid groups (broad SMARTS) is 1. The van der Waals surface area contributed by atoms with Gasteiger partial charge >= 0.3 is 5.97 Å². The normalized spacial score (nSPS) is 11.3. The van der Waals surface area contributed by atoms with Gasteiger partial charge in [-0.25, -0.2) is 13.6 Å². The number of anilines is 2. The van der Waals surface area contributed by atoms with Crippen LogP contribution in [-0.4, -0.2) is 41.5 Å². The van der Waals surface area contributed by atoms with Gasteiger partial charge in [0.1, 0.15) is 11.6 Å². The van der Waals surface area contributed by atoms with E-state index in [0.717, 1.165) is 46.1 Å². The predicted octanol–water partition coefficient (Wildman–Crippen LogP) is 12.6. The molecule has 0 spiro atoms.